The first-order valence-electron chi connectivity index (χ1n) is 6.08. The van der Waals surface area contributed by atoms with Gasteiger partial charge in [-0.2, -0.15) is 0 Å². The summed E-state index contributed by atoms with van der Waals surface area (Å²) in [7, 11) is 1.60. The van der Waals surface area contributed by atoms with Gasteiger partial charge in [-0.1, -0.05) is 11.3 Å². The average molecular weight is 286 g/mol. The van der Waals surface area contributed by atoms with Crippen molar-refractivity contribution in [3.63, 3.8) is 0 Å². The lowest BCUT2D eigenvalue weighted by molar-refractivity contribution is 0.0874. The highest BCUT2D eigenvalue weighted by Crippen LogP contribution is 2.27. The first kappa shape index (κ1) is 15.7. The maximum atomic E-state index is 12.0. The summed E-state index contributed by atoms with van der Waals surface area (Å²) in [6.45, 7) is 8.37. The lowest BCUT2D eigenvalue weighted by Gasteiger charge is -2.19. The zero-order chi connectivity index (χ0) is 14.6. The summed E-state index contributed by atoms with van der Waals surface area (Å²) in [5, 5.41) is 6.61. The summed E-state index contributed by atoms with van der Waals surface area (Å²) in [6.07, 6.45) is -0.0368. The molecule has 0 aliphatic heterocycles. The zero-order valence-electron chi connectivity index (χ0n) is 12.0. The number of carbonyl (C=O) groups excluding carboxylic acids is 1. The molecule has 0 fully saturated rings. The maximum Gasteiger partial charge on any atom is 0.265 e. The molecule has 19 heavy (non-hydrogen) atoms. The third-order valence-electron chi connectivity index (χ3n) is 2.29. The minimum Gasteiger partial charge on any atom is -0.382 e. The minimum absolute atomic E-state index is 0.0368. The summed E-state index contributed by atoms with van der Waals surface area (Å²) < 4.78 is 5.07. The van der Waals surface area contributed by atoms with Crippen LogP contribution in [0.4, 0.5) is 10.9 Å². The molecule has 1 unspecified atom stereocenters. The Morgan fingerprint density at radius 1 is 1.53 bits per heavy atom. The number of aromatic nitrogens is 1. The van der Waals surface area contributed by atoms with Crippen LogP contribution in [0.5, 0.6) is 0 Å². The normalized spacial score (nSPS) is 13.1. The van der Waals surface area contributed by atoms with Crippen molar-refractivity contribution in [3.8, 4) is 0 Å². The van der Waals surface area contributed by atoms with Gasteiger partial charge in [0, 0.05) is 19.2 Å². The molecule has 1 heterocycles. The fraction of sp³-hybridized carbons (Fsp3) is 0.667. The highest BCUT2D eigenvalue weighted by molar-refractivity contribution is 7.18. The Bertz CT molecular complexity index is 439. The summed E-state index contributed by atoms with van der Waals surface area (Å²) in [5.74, 6) is 0.0279. The highest BCUT2D eigenvalue weighted by atomic mass is 32.1. The van der Waals surface area contributed by atoms with E-state index in [1.165, 1.54) is 11.3 Å². The first-order chi connectivity index (χ1) is 8.73. The fourth-order valence-corrected chi connectivity index (χ4v) is 2.28. The van der Waals surface area contributed by atoms with Crippen LogP contribution in [0, 0.1) is 0 Å². The second-order valence-electron chi connectivity index (χ2n) is 5.36. The van der Waals surface area contributed by atoms with Gasteiger partial charge in [0.1, 0.15) is 10.7 Å². The first-order valence-corrected chi connectivity index (χ1v) is 6.90. The van der Waals surface area contributed by atoms with E-state index in [1.807, 2.05) is 27.7 Å². The van der Waals surface area contributed by atoms with Gasteiger partial charge in [0.2, 0.25) is 0 Å². The number of ether oxygens (including phenoxy) is 1. The van der Waals surface area contributed by atoms with Crippen molar-refractivity contribution in [2.24, 2.45) is 0 Å². The Kier molecular flexibility index (Phi) is 5.13. The quantitative estimate of drug-likeness (QED) is 0.766. The number of hydrogen-bond acceptors (Lipinski definition) is 6. The molecule has 0 spiro atoms. The molecule has 1 aromatic rings. The molecule has 4 N–H and O–H groups in total. The largest absolute Gasteiger partial charge is 0.382 e. The number of carbonyl (C=O) groups is 1. The van der Waals surface area contributed by atoms with Crippen LogP contribution in [-0.2, 0) is 4.74 Å². The molecule has 0 bridgehead atoms. The molecule has 7 heteroatoms. The van der Waals surface area contributed by atoms with Crippen molar-refractivity contribution in [2.75, 3.05) is 24.7 Å². The SMILES string of the molecule is COC(C)CNC(=O)c1sc(NC(C)(C)C)nc1N. The Labute approximate surface area is 117 Å². The van der Waals surface area contributed by atoms with E-state index >= 15 is 0 Å². The lowest BCUT2D eigenvalue weighted by atomic mass is 10.1. The molecular formula is C12H22N4O2S. The molecular weight excluding hydrogens is 264 g/mol. The van der Waals surface area contributed by atoms with Crippen LogP contribution in [0.25, 0.3) is 0 Å². The van der Waals surface area contributed by atoms with Gasteiger partial charge in [-0.25, -0.2) is 4.98 Å². The Morgan fingerprint density at radius 2 is 2.16 bits per heavy atom. The van der Waals surface area contributed by atoms with Crippen LogP contribution in [0.15, 0.2) is 0 Å². The number of anilines is 2. The van der Waals surface area contributed by atoms with Crippen LogP contribution in [0.1, 0.15) is 37.4 Å². The molecule has 0 saturated heterocycles. The summed E-state index contributed by atoms with van der Waals surface area (Å²) in [6, 6.07) is 0. The topological polar surface area (TPSA) is 89.3 Å². The van der Waals surface area contributed by atoms with Crippen LogP contribution in [0.2, 0.25) is 0 Å². The van der Waals surface area contributed by atoms with Crippen molar-refractivity contribution < 1.29 is 9.53 Å². The smallest absolute Gasteiger partial charge is 0.265 e. The second-order valence-corrected chi connectivity index (χ2v) is 6.36. The Hall–Kier alpha value is -1.34. The molecule has 0 saturated carbocycles. The molecule has 0 radical (unpaired) electrons. The number of amides is 1. The lowest BCUT2D eigenvalue weighted by Crippen LogP contribution is -2.31. The number of nitrogens with two attached hydrogens (primary N) is 1. The predicted molar refractivity (Wildman–Crippen MR) is 78.7 cm³/mol. The van der Waals surface area contributed by atoms with Gasteiger partial charge in [-0.3, -0.25) is 4.79 Å². The van der Waals surface area contributed by atoms with Crippen LogP contribution < -0.4 is 16.4 Å². The van der Waals surface area contributed by atoms with Crippen molar-refractivity contribution >= 4 is 28.2 Å². The number of methoxy groups -OCH3 is 1. The van der Waals surface area contributed by atoms with Gasteiger partial charge < -0.3 is 21.1 Å². The second kappa shape index (κ2) is 6.21. The monoisotopic (exact) mass is 286 g/mol. The number of nitrogen functional groups attached to an aromatic ring is 1. The van der Waals surface area contributed by atoms with E-state index in [0.29, 0.717) is 16.6 Å². The van der Waals surface area contributed by atoms with Gasteiger partial charge in [-0.15, -0.1) is 0 Å². The van der Waals surface area contributed by atoms with Crippen LogP contribution in [0.3, 0.4) is 0 Å². The number of rotatable bonds is 5. The van der Waals surface area contributed by atoms with E-state index in [9.17, 15) is 4.79 Å². The fourth-order valence-electron chi connectivity index (χ4n) is 1.27. The van der Waals surface area contributed by atoms with Gasteiger partial charge in [-0.05, 0) is 27.7 Å². The molecule has 0 aromatic carbocycles. The van der Waals surface area contributed by atoms with Gasteiger partial charge in [0.25, 0.3) is 5.91 Å². The van der Waals surface area contributed by atoms with Gasteiger partial charge >= 0.3 is 0 Å². The van der Waals surface area contributed by atoms with Crippen LogP contribution in [-0.4, -0.2) is 36.2 Å². The molecule has 1 aromatic heterocycles. The molecule has 0 aliphatic carbocycles. The van der Waals surface area contributed by atoms with Gasteiger partial charge in [0.15, 0.2) is 5.13 Å². The van der Waals surface area contributed by atoms with E-state index in [-0.39, 0.29) is 23.4 Å². The molecule has 1 rings (SSSR count). The van der Waals surface area contributed by atoms with E-state index in [2.05, 4.69) is 15.6 Å². The third kappa shape index (κ3) is 5.04. The summed E-state index contributed by atoms with van der Waals surface area (Å²) >= 11 is 1.25. The molecule has 1 amide bonds. The standard InChI is InChI=1S/C12H22N4O2S/c1-7(18-5)6-14-10(17)8-9(13)15-11(19-8)16-12(2,3)4/h7H,6,13H2,1-5H3,(H,14,17)(H,15,16). The van der Waals surface area contributed by atoms with Crippen LogP contribution >= 0.6 is 11.3 Å². The minimum atomic E-state index is -0.221. The average Bonchev–Trinajstić information content (AvgIpc) is 2.64. The van der Waals surface area contributed by atoms with E-state index in [4.69, 9.17) is 10.5 Å². The van der Waals surface area contributed by atoms with Gasteiger partial charge in [0.05, 0.1) is 6.10 Å². The molecule has 1 atom stereocenters. The van der Waals surface area contributed by atoms with Crippen molar-refractivity contribution in [1.29, 1.82) is 0 Å². The number of nitrogens with one attached hydrogen (secondary N) is 2. The molecule has 6 nitrogen and oxygen atoms in total. The number of thiazole rings is 1. The van der Waals surface area contributed by atoms with Crippen molar-refractivity contribution in [3.05, 3.63) is 4.88 Å². The Balaban J connectivity index is 2.70. The third-order valence-corrected chi connectivity index (χ3v) is 3.28. The number of nitrogens with zero attached hydrogens (tertiary/aromatic N) is 1. The van der Waals surface area contributed by atoms with E-state index in [1.54, 1.807) is 7.11 Å². The molecule has 0 aliphatic rings. The highest BCUT2D eigenvalue weighted by Gasteiger charge is 2.19. The summed E-state index contributed by atoms with van der Waals surface area (Å²) in [5.41, 5.74) is 5.64. The summed E-state index contributed by atoms with van der Waals surface area (Å²) in [4.78, 5) is 16.5. The maximum absolute atomic E-state index is 12.0. The van der Waals surface area contributed by atoms with Crippen molar-refractivity contribution in [2.45, 2.75) is 39.3 Å². The zero-order valence-corrected chi connectivity index (χ0v) is 12.9. The Morgan fingerprint density at radius 3 is 2.68 bits per heavy atom. The number of hydrogen-bond donors (Lipinski definition) is 3. The molecule has 108 valence electrons. The predicted octanol–water partition coefficient (Wildman–Crippen LogP) is 1.70. The van der Waals surface area contributed by atoms with E-state index < -0.39 is 0 Å². The van der Waals surface area contributed by atoms with E-state index in [0.717, 1.165) is 0 Å². The van der Waals surface area contributed by atoms with Crippen molar-refractivity contribution in [1.82, 2.24) is 10.3 Å².